The maximum Gasteiger partial charge on any atom is 0.161 e. The standard InChI is InChI=1S/C22H26O4/c1-15(2)25-19-11-9-17(13-21(19)23-5)7-8-18-10-12-20(26-16(3)4)22(14-18)24-6/h9-16H,1-6H3. The summed E-state index contributed by atoms with van der Waals surface area (Å²) in [5.41, 5.74) is 1.69. The molecule has 0 saturated heterocycles. The molecule has 0 bridgehead atoms. The second-order valence-corrected chi connectivity index (χ2v) is 6.31. The second kappa shape index (κ2) is 9.05. The normalized spacial score (nSPS) is 10.3. The predicted molar refractivity (Wildman–Crippen MR) is 103 cm³/mol. The van der Waals surface area contributed by atoms with Crippen LogP contribution in [-0.4, -0.2) is 26.4 Å². The van der Waals surface area contributed by atoms with E-state index in [9.17, 15) is 0 Å². The molecule has 0 fully saturated rings. The van der Waals surface area contributed by atoms with Crippen molar-refractivity contribution in [3.63, 3.8) is 0 Å². The summed E-state index contributed by atoms with van der Waals surface area (Å²) in [6.45, 7) is 7.92. The highest BCUT2D eigenvalue weighted by Crippen LogP contribution is 2.30. The summed E-state index contributed by atoms with van der Waals surface area (Å²) < 4.78 is 22.2. The van der Waals surface area contributed by atoms with Gasteiger partial charge in [-0.05, 0) is 64.1 Å². The van der Waals surface area contributed by atoms with Crippen molar-refractivity contribution in [2.75, 3.05) is 14.2 Å². The molecule has 2 aromatic carbocycles. The quantitative estimate of drug-likeness (QED) is 0.706. The van der Waals surface area contributed by atoms with Crippen molar-refractivity contribution in [3.8, 4) is 34.8 Å². The van der Waals surface area contributed by atoms with Gasteiger partial charge in [-0.25, -0.2) is 0 Å². The van der Waals surface area contributed by atoms with Crippen LogP contribution in [0.4, 0.5) is 0 Å². The van der Waals surface area contributed by atoms with E-state index in [0.29, 0.717) is 23.0 Å². The molecule has 2 rings (SSSR count). The van der Waals surface area contributed by atoms with Crippen LogP contribution in [0.5, 0.6) is 23.0 Å². The third-order valence-electron chi connectivity index (χ3n) is 3.40. The molecule has 0 heterocycles. The molecule has 2 aromatic rings. The molecule has 0 aliphatic carbocycles. The first-order valence-corrected chi connectivity index (χ1v) is 8.64. The van der Waals surface area contributed by atoms with Crippen LogP contribution in [-0.2, 0) is 0 Å². The van der Waals surface area contributed by atoms with Crippen LogP contribution in [0.25, 0.3) is 0 Å². The maximum absolute atomic E-state index is 5.73. The van der Waals surface area contributed by atoms with Crippen molar-refractivity contribution < 1.29 is 18.9 Å². The van der Waals surface area contributed by atoms with Gasteiger partial charge in [0.25, 0.3) is 0 Å². The summed E-state index contributed by atoms with van der Waals surface area (Å²) in [7, 11) is 3.25. The molecule has 0 spiro atoms. The van der Waals surface area contributed by atoms with Gasteiger partial charge in [-0.2, -0.15) is 0 Å². The van der Waals surface area contributed by atoms with E-state index in [-0.39, 0.29) is 12.2 Å². The number of ether oxygens (including phenoxy) is 4. The van der Waals surface area contributed by atoms with Crippen molar-refractivity contribution in [1.82, 2.24) is 0 Å². The van der Waals surface area contributed by atoms with Gasteiger partial charge >= 0.3 is 0 Å². The number of rotatable bonds is 6. The summed E-state index contributed by atoms with van der Waals surface area (Å²) in [4.78, 5) is 0. The van der Waals surface area contributed by atoms with E-state index in [1.807, 2.05) is 64.1 Å². The van der Waals surface area contributed by atoms with Crippen LogP contribution in [0.3, 0.4) is 0 Å². The molecule has 26 heavy (non-hydrogen) atoms. The van der Waals surface area contributed by atoms with Crippen molar-refractivity contribution in [3.05, 3.63) is 47.5 Å². The lowest BCUT2D eigenvalue weighted by Crippen LogP contribution is -2.06. The zero-order valence-electron chi connectivity index (χ0n) is 16.3. The molecule has 0 N–H and O–H groups in total. The first-order valence-electron chi connectivity index (χ1n) is 8.64. The maximum atomic E-state index is 5.73. The summed E-state index contributed by atoms with van der Waals surface area (Å²) in [6, 6.07) is 11.3. The number of hydrogen-bond acceptors (Lipinski definition) is 4. The molecule has 0 saturated carbocycles. The molecule has 0 radical (unpaired) electrons. The third kappa shape index (κ3) is 5.35. The molecule has 0 aliphatic heterocycles. The van der Waals surface area contributed by atoms with E-state index in [4.69, 9.17) is 18.9 Å². The summed E-state index contributed by atoms with van der Waals surface area (Å²) in [5.74, 6) is 9.06. The monoisotopic (exact) mass is 354 g/mol. The number of hydrogen-bond donors (Lipinski definition) is 0. The highest BCUT2D eigenvalue weighted by atomic mass is 16.5. The van der Waals surface area contributed by atoms with Crippen LogP contribution >= 0.6 is 0 Å². The Hall–Kier alpha value is -2.80. The van der Waals surface area contributed by atoms with Crippen molar-refractivity contribution in [2.45, 2.75) is 39.9 Å². The molecule has 4 heteroatoms. The lowest BCUT2D eigenvalue weighted by atomic mass is 10.1. The van der Waals surface area contributed by atoms with E-state index >= 15 is 0 Å². The van der Waals surface area contributed by atoms with E-state index in [1.54, 1.807) is 14.2 Å². The first kappa shape index (κ1) is 19.5. The SMILES string of the molecule is COc1cc(C#Cc2ccc(OC(C)C)c(OC)c2)ccc1OC(C)C. The van der Waals surface area contributed by atoms with Crippen LogP contribution < -0.4 is 18.9 Å². The van der Waals surface area contributed by atoms with E-state index in [2.05, 4.69) is 11.8 Å². The minimum absolute atomic E-state index is 0.0832. The van der Waals surface area contributed by atoms with Gasteiger partial charge in [0.1, 0.15) is 0 Å². The second-order valence-electron chi connectivity index (χ2n) is 6.31. The average Bonchev–Trinajstić information content (AvgIpc) is 2.60. The fraction of sp³-hybridized carbons (Fsp3) is 0.364. The van der Waals surface area contributed by atoms with Gasteiger partial charge in [0, 0.05) is 11.1 Å². The molecule has 0 atom stereocenters. The Labute approximate surface area is 156 Å². The molecule has 0 aromatic heterocycles. The Morgan fingerprint density at radius 3 is 1.31 bits per heavy atom. The van der Waals surface area contributed by atoms with Crippen molar-refractivity contribution in [1.29, 1.82) is 0 Å². The fourth-order valence-corrected chi connectivity index (χ4v) is 2.34. The van der Waals surface area contributed by atoms with Gasteiger partial charge in [-0.15, -0.1) is 0 Å². The molecule has 4 nitrogen and oxygen atoms in total. The third-order valence-corrected chi connectivity index (χ3v) is 3.40. The van der Waals surface area contributed by atoms with E-state index in [0.717, 1.165) is 11.1 Å². The zero-order chi connectivity index (χ0) is 19.1. The topological polar surface area (TPSA) is 36.9 Å². The predicted octanol–water partition coefficient (Wildman–Crippen LogP) is 4.68. The summed E-state index contributed by atoms with van der Waals surface area (Å²) in [5, 5.41) is 0. The average molecular weight is 354 g/mol. The molecular formula is C22H26O4. The Morgan fingerprint density at radius 2 is 1.00 bits per heavy atom. The van der Waals surface area contributed by atoms with Crippen LogP contribution in [0.15, 0.2) is 36.4 Å². The lowest BCUT2D eigenvalue weighted by molar-refractivity contribution is 0.230. The highest BCUT2D eigenvalue weighted by Gasteiger charge is 2.08. The Bertz CT molecular complexity index is 732. The van der Waals surface area contributed by atoms with Crippen molar-refractivity contribution in [2.24, 2.45) is 0 Å². The molecule has 0 aliphatic rings. The van der Waals surface area contributed by atoms with E-state index < -0.39 is 0 Å². The first-order chi connectivity index (χ1) is 12.4. The van der Waals surface area contributed by atoms with E-state index in [1.165, 1.54) is 0 Å². The summed E-state index contributed by atoms with van der Waals surface area (Å²) >= 11 is 0. The van der Waals surface area contributed by atoms with Crippen LogP contribution in [0.2, 0.25) is 0 Å². The summed E-state index contributed by atoms with van der Waals surface area (Å²) in [6.07, 6.45) is 0.166. The largest absolute Gasteiger partial charge is 0.493 e. The van der Waals surface area contributed by atoms with Gasteiger partial charge in [-0.3, -0.25) is 0 Å². The van der Waals surface area contributed by atoms with Crippen LogP contribution in [0.1, 0.15) is 38.8 Å². The van der Waals surface area contributed by atoms with Crippen LogP contribution in [0, 0.1) is 11.8 Å². The van der Waals surface area contributed by atoms with Gasteiger partial charge < -0.3 is 18.9 Å². The molecule has 0 amide bonds. The smallest absolute Gasteiger partial charge is 0.161 e. The Kier molecular flexibility index (Phi) is 6.80. The molecule has 0 unspecified atom stereocenters. The Morgan fingerprint density at radius 1 is 0.615 bits per heavy atom. The fourth-order valence-electron chi connectivity index (χ4n) is 2.34. The van der Waals surface area contributed by atoms with Gasteiger partial charge in [0.15, 0.2) is 23.0 Å². The van der Waals surface area contributed by atoms with Gasteiger partial charge in [-0.1, -0.05) is 11.8 Å². The van der Waals surface area contributed by atoms with Gasteiger partial charge in [0.05, 0.1) is 26.4 Å². The minimum atomic E-state index is 0.0832. The number of benzene rings is 2. The van der Waals surface area contributed by atoms with Crippen molar-refractivity contribution >= 4 is 0 Å². The highest BCUT2D eigenvalue weighted by molar-refractivity contribution is 5.53. The Balaban J connectivity index is 2.25. The van der Waals surface area contributed by atoms with Gasteiger partial charge in [0.2, 0.25) is 0 Å². The lowest BCUT2D eigenvalue weighted by Gasteiger charge is -2.13. The zero-order valence-corrected chi connectivity index (χ0v) is 16.3. The number of methoxy groups -OCH3 is 2. The minimum Gasteiger partial charge on any atom is -0.493 e. The molecule has 138 valence electrons. The molecular weight excluding hydrogens is 328 g/mol.